The molecule has 1 fully saturated rings. The summed E-state index contributed by atoms with van der Waals surface area (Å²) in [5.74, 6) is 2.45. The van der Waals surface area contributed by atoms with Gasteiger partial charge in [0, 0.05) is 48.8 Å². The molecule has 0 bridgehead atoms. The first kappa shape index (κ1) is 21.7. The average molecular weight is 455 g/mol. The van der Waals surface area contributed by atoms with Gasteiger partial charge in [0.25, 0.3) is 0 Å². The zero-order chi connectivity index (χ0) is 23.0. The smallest absolute Gasteiger partial charge is 0.416 e. The number of benzene rings is 2. The molecule has 3 heterocycles. The Hall–Kier alpha value is -3.13. The number of ether oxygens (including phenoxy) is 2. The molecular weight excluding hydrogens is 431 g/mol. The SMILES string of the molecule is Cc1nccc(OC[C@@H]2CN(Cc3ccc(C(F)(F)F)cc3)[C@H]3c4ccccc4OC[C@@H]23)n1. The molecule has 2 aromatic carbocycles. The first-order valence-electron chi connectivity index (χ1n) is 10.9. The highest BCUT2D eigenvalue weighted by Gasteiger charge is 2.46. The lowest BCUT2D eigenvalue weighted by molar-refractivity contribution is -0.137. The van der Waals surface area contributed by atoms with Crippen molar-refractivity contribution in [3.05, 3.63) is 83.3 Å². The summed E-state index contributed by atoms with van der Waals surface area (Å²) in [6.07, 6.45) is -2.66. The summed E-state index contributed by atoms with van der Waals surface area (Å²) in [6, 6.07) is 15.3. The number of para-hydroxylation sites is 1. The molecule has 0 aliphatic carbocycles. The summed E-state index contributed by atoms with van der Waals surface area (Å²) >= 11 is 0. The highest BCUT2D eigenvalue weighted by Crippen LogP contribution is 2.48. The molecule has 2 aliphatic rings. The lowest BCUT2D eigenvalue weighted by Crippen LogP contribution is -2.32. The van der Waals surface area contributed by atoms with E-state index in [4.69, 9.17) is 9.47 Å². The second-order valence-corrected chi connectivity index (χ2v) is 8.59. The van der Waals surface area contributed by atoms with Crippen molar-refractivity contribution in [1.82, 2.24) is 14.9 Å². The molecule has 3 aromatic rings. The van der Waals surface area contributed by atoms with Crippen LogP contribution in [-0.2, 0) is 12.7 Å². The number of likely N-dealkylation sites (tertiary alicyclic amines) is 1. The number of hydrogen-bond acceptors (Lipinski definition) is 5. The fraction of sp³-hybridized carbons (Fsp3) is 0.360. The molecule has 5 rings (SSSR count). The molecule has 0 saturated carbocycles. The number of rotatable bonds is 5. The molecular formula is C25H24F3N3O2. The highest BCUT2D eigenvalue weighted by atomic mass is 19.4. The van der Waals surface area contributed by atoms with E-state index in [1.54, 1.807) is 24.4 Å². The maximum Gasteiger partial charge on any atom is 0.416 e. The number of fused-ring (bicyclic) bond motifs is 3. The third-order valence-electron chi connectivity index (χ3n) is 6.41. The first-order valence-corrected chi connectivity index (χ1v) is 10.9. The van der Waals surface area contributed by atoms with Gasteiger partial charge in [0.2, 0.25) is 5.88 Å². The van der Waals surface area contributed by atoms with Crippen molar-refractivity contribution in [1.29, 1.82) is 0 Å². The van der Waals surface area contributed by atoms with E-state index < -0.39 is 11.7 Å². The molecule has 33 heavy (non-hydrogen) atoms. The molecule has 0 amide bonds. The van der Waals surface area contributed by atoms with Gasteiger partial charge in [0.1, 0.15) is 11.6 Å². The van der Waals surface area contributed by atoms with E-state index in [1.165, 1.54) is 0 Å². The maximum atomic E-state index is 13.0. The molecule has 1 saturated heterocycles. The summed E-state index contributed by atoms with van der Waals surface area (Å²) in [4.78, 5) is 10.7. The number of aryl methyl sites for hydroxylation is 1. The zero-order valence-electron chi connectivity index (χ0n) is 18.1. The molecule has 1 aromatic heterocycles. The van der Waals surface area contributed by atoms with Crippen molar-refractivity contribution in [3.63, 3.8) is 0 Å². The maximum absolute atomic E-state index is 13.0. The standard InChI is InChI=1S/C25H24F3N3O2/c1-16-29-11-10-23(30-16)33-14-18-13-31(12-17-6-8-19(9-7-17)25(26,27)28)24-20-4-2-3-5-22(20)32-15-21(18)24/h2-11,18,21,24H,12-15H2,1H3/t18-,21-,24-/m0/s1. The van der Waals surface area contributed by atoms with E-state index in [0.29, 0.717) is 31.5 Å². The quantitative estimate of drug-likeness (QED) is 0.538. The van der Waals surface area contributed by atoms with Crippen LogP contribution in [0.1, 0.15) is 28.6 Å². The van der Waals surface area contributed by atoms with Gasteiger partial charge in [-0.2, -0.15) is 18.2 Å². The van der Waals surface area contributed by atoms with Crippen molar-refractivity contribution < 1.29 is 22.6 Å². The molecule has 5 nitrogen and oxygen atoms in total. The minimum atomic E-state index is -4.33. The van der Waals surface area contributed by atoms with Gasteiger partial charge >= 0.3 is 6.18 Å². The van der Waals surface area contributed by atoms with Crippen LogP contribution in [0.5, 0.6) is 11.6 Å². The van der Waals surface area contributed by atoms with Gasteiger partial charge in [-0.25, -0.2) is 4.98 Å². The Bertz CT molecular complexity index is 1120. The topological polar surface area (TPSA) is 47.5 Å². The van der Waals surface area contributed by atoms with E-state index in [0.717, 1.165) is 35.6 Å². The fourth-order valence-electron chi connectivity index (χ4n) is 4.86. The van der Waals surface area contributed by atoms with Crippen molar-refractivity contribution in [3.8, 4) is 11.6 Å². The normalized spacial score (nSPS) is 22.4. The van der Waals surface area contributed by atoms with Gasteiger partial charge < -0.3 is 9.47 Å². The van der Waals surface area contributed by atoms with E-state index in [9.17, 15) is 13.2 Å². The number of nitrogens with zero attached hydrogens (tertiary/aromatic N) is 3. The molecule has 3 atom stereocenters. The lowest BCUT2D eigenvalue weighted by atomic mass is 9.85. The third kappa shape index (κ3) is 4.53. The average Bonchev–Trinajstić information content (AvgIpc) is 3.15. The van der Waals surface area contributed by atoms with Crippen LogP contribution in [-0.4, -0.2) is 34.6 Å². The van der Waals surface area contributed by atoms with Crippen LogP contribution in [0.25, 0.3) is 0 Å². The second-order valence-electron chi connectivity index (χ2n) is 8.59. The van der Waals surface area contributed by atoms with Gasteiger partial charge in [0.15, 0.2) is 0 Å². The Morgan fingerprint density at radius 1 is 1.09 bits per heavy atom. The largest absolute Gasteiger partial charge is 0.493 e. The van der Waals surface area contributed by atoms with Crippen molar-refractivity contribution in [2.45, 2.75) is 25.7 Å². The van der Waals surface area contributed by atoms with Crippen LogP contribution in [0, 0.1) is 18.8 Å². The summed E-state index contributed by atoms with van der Waals surface area (Å²) < 4.78 is 51.0. The number of hydrogen-bond donors (Lipinski definition) is 0. The third-order valence-corrected chi connectivity index (χ3v) is 6.41. The van der Waals surface area contributed by atoms with E-state index in [2.05, 4.69) is 20.9 Å². The Morgan fingerprint density at radius 3 is 2.64 bits per heavy atom. The minimum absolute atomic E-state index is 0.109. The van der Waals surface area contributed by atoms with Crippen molar-refractivity contribution in [2.75, 3.05) is 19.8 Å². The van der Waals surface area contributed by atoms with Crippen LogP contribution in [0.15, 0.2) is 60.8 Å². The lowest BCUT2D eigenvalue weighted by Gasteiger charge is -2.34. The van der Waals surface area contributed by atoms with E-state index in [-0.39, 0.29) is 17.9 Å². The molecule has 0 radical (unpaired) electrons. The van der Waals surface area contributed by atoms with Crippen LogP contribution in [0.4, 0.5) is 13.2 Å². The summed E-state index contributed by atoms with van der Waals surface area (Å²) in [7, 11) is 0. The van der Waals surface area contributed by atoms with Crippen LogP contribution in [0.2, 0.25) is 0 Å². The number of halogens is 3. The predicted molar refractivity (Wildman–Crippen MR) is 116 cm³/mol. The monoisotopic (exact) mass is 455 g/mol. The van der Waals surface area contributed by atoms with Gasteiger partial charge in [0.05, 0.1) is 18.8 Å². The van der Waals surface area contributed by atoms with E-state index in [1.807, 2.05) is 25.1 Å². The fourth-order valence-corrected chi connectivity index (χ4v) is 4.86. The van der Waals surface area contributed by atoms with Gasteiger partial charge in [-0.3, -0.25) is 4.90 Å². The van der Waals surface area contributed by atoms with Crippen LogP contribution >= 0.6 is 0 Å². The minimum Gasteiger partial charge on any atom is -0.493 e. The molecule has 2 aliphatic heterocycles. The Kier molecular flexibility index (Phi) is 5.70. The first-order chi connectivity index (χ1) is 15.9. The number of alkyl halides is 3. The molecule has 0 unspecified atom stereocenters. The number of aromatic nitrogens is 2. The highest BCUT2D eigenvalue weighted by molar-refractivity contribution is 5.39. The predicted octanol–water partition coefficient (Wildman–Crippen LogP) is 5.06. The van der Waals surface area contributed by atoms with Gasteiger partial charge in [-0.15, -0.1) is 0 Å². The Labute approximate surface area is 190 Å². The van der Waals surface area contributed by atoms with Crippen LogP contribution in [0.3, 0.4) is 0 Å². The van der Waals surface area contributed by atoms with Crippen LogP contribution < -0.4 is 9.47 Å². The van der Waals surface area contributed by atoms with Crippen molar-refractivity contribution in [2.24, 2.45) is 11.8 Å². The Morgan fingerprint density at radius 2 is 1.88 bits per heavy atom. The molecule has 0 spiro atoms. The molecule has 8 heteroatoms. The second kappa shape index (κ2) is 8.67. The van der Waals surface area contributed by atoms with Gasteiger partial charge in [-0.1, -0.05) is 30.3 Å². The van der Waals surface area contributed by atoms with E-state index >= 15 is 0 Å². The molecule has 0 N–H and O–H groups in total. The zero-order valence-corrected chi connectivity index (χ0v) is 18.1. The van der Waals surface area contributed by atoms with Crippen molar-refractivity contribution >= 4 is 0 Å². The summed E-state index contributed by atoms with van der Waals surface area (Å²) in [5, 5.41) is 0. The Balaban J connectivity index is 1.38. The molecule has 172 valence electrons. The van der Waals surface area contributed by atoms with Gasteiger partial charge in [-0.05, 0) is 30.7 Å². The summed E-state index contributed by atoms with van der Waals surface area (Å²) in [5.41, 5.74) is 1.33. The summed E-state index contributed by atoms with van der Waals surface area (Å²) in [6.45, 7) is 4.17.